The van der Waals surface area contributed by atoms with Gasteiger partial charge < -0.3 is 24.9 Å². The zero-order valence-corrected chi connectivity index (χ0v) is 15.8. The highest BCUT2D eigenvalue weighted by Gasteiger charge is 2.18. The summed E-state index contributed by atoms with van der Waals surface area (Å²) in [6, 6.07) is 15.1. The molecule has 0 spiro atoms. The van der Waals surface area contributed by atoms with Crippen molar-refractivity contribution >= 4 is 23.9 Å². The number of ether oxygens (including phenoxy) is 2. The maximum atomic E-state index is 11.8. The Balaban J connectivity index is 1.59. The summed E-state index contributed by atoms with van der Waals surface area (Å²) in [5.74, 6) is -3.06. The number of carbonyl (C=O) groups is 4. The lowest BCUT2D eigenvalue weighted by molar-refractivity contribution is -0.177. The van der Waals surface area contributed by atoms with Gasteiger partial charge in [-0.3, -0.25) is 9.59 Å². The molecule has 0 bridgehead atoms. The highest BCUT2D eigenvalue weighted by atomic mass is 16.9. The summed E-state index contributed by atoms with van der Waals surface area (Å²) in [4.78, 5) is 55.8. The molecule has 0 saturated carbocycles. The number of carbonyl (C=O) groups excluding carboxylic acids is 4. The number of rotatable bonds is 10. The molecular formula is C20H20N2O8. The molecule has 30 heavy (non-hydrogen) atoms. The van der Waals surface area contributed by atoms with Gasteiger partial charge in [-0.25, -0.2) is 9.59 Å². The van der Waals surface area contributed by atoms with Crippen LogP contribution in [0.3, 0.4) is 0 Å². The minimum atomic E-state index is -1.14. The number of hydrogen-bond donors (Lipinski definition) is 2. The van der Waals surface area contributed by atoms with Crippen molar-refractivity contribution < 1.29 is 38.3 Å². The average molecular weight is 416 g/mol. The first-order valence-corrected chi connectivity index (χ1v) is 8.82. The van der Waals surface area contributed by atoms with Crippen LogP contribution in [0.4, 0.5) is 0 Å². The molecule has 0 fully saturated rings. The highest BCUT2D eigenvalue weighted by molar-refractivity contribution is 5.89. The maximum absolute atomic E-state index is 11.8. The van der Waals surface area contributed by atoms with Crippen molar-refractivity contribution in [2.24, 2.45) is 5.73 Å². The van der Waals surface area contributed by atoms with Gasteiger partial charge in [0.1, 0.15) is 6.04 Å². The normalized spacial score (nSPS) is 11.1. The van der Waals surface area contributed by atoms with E-state index in [4.69, 9.17) is 15.2 Å². The Kier molecular flexibility index (Phi) is 8.97. The number of esters is 2. The van der Waals surface area contributed by atoms with Crippen LogP contribution >= 0.6 is 0 Å². The Morgan fingerprint density at radius 2 is 1.37 bits per heavy atom. The number of benzene rings is 2. The van der Waals surface area contributed by atoms with Gasteiger partial charge >= 0.3 is 23.9 Å². The second-order valence-electron chi connectivity index (χ2n) is 5.84. The van der Waals surface area contributed by atoms with E-state index in [1.807, 2.05) is 0 Å². The predicted molar refractivity (Wildman–Crippen MR) is 101 cm³/mol. The lowest BCUT2D eigenvalue weighted by Gasteiger charge is -2.11. The highest BCUT2D eigenvalue weighted by Crippen LogP contribution is 2.03. The molecule has 0 amide bonds. The van der Waals surface area contributed by atoms with Gasteiger partial charge in [-0.05, 0) is 30.7 Å². The Morgan fingerprint density at radius 1 is 0.800 bits per heavy atom. The van der Waals surface area contributed by atoms with Crippen molar-refractivity contribution in [2.75, 3.05) is 6.79 Å². The fourth-order valence-corrected chi connectivity index (χ4v) is 2.09. The predicted octanol–water partition coefficient (Wildman–Crippen LogP) is 1.27. The second-order valence-corrected chi connectivity index (χ2v) is 5.84. The second kappa shape index (κ2) is 11.9. The summed E-state index contributed by atoms with van der Waals surface area (Å²) < 4.78 is 9.54. The first-order valence-electron chi connectivity index (χ1n) is 8.82. The fourth-order valence-electron chi connectivity index (χ4n) is 2.09. The lowest BCUT2D eigenvalue weighted by atomic mass is 10.2. The van der Waals surface area contributed by atoms with Crippen LogP contribution < -0.4 is 11.4 Å². The minimum absolute atomic E-state index is 0.0986. The Bertz CT molecular complexity index is 858. The van der Waals surface area contributed by atoms with Crippen LogP contribution in [0.15, 0.2) is 60.7 Å². The molecule has 0 aliphatic heterocycles. The summed E-state index contributed by atoms with van der Waals surface area (Å²) in [5, 5.41) is 0. The van der Waals surface area contributed by atoms with Gasteiger partial charge in [0, 0.05) is 12.1 Å². The van der Waals surface area contributed by atoms with Crippen molar-refractivity contribution in [1.82, 2.24) is 5.64 Å². The average Bonchev–Trinajstić information content (AvgIpc) is 2.78. The van der Waals surface area contributed by atoms with E-state index in [0.29, 0.717) is 5.56 Å². The number of hydrogen-bond acceptors (Lipinski definition) is 10. The van der Waals surface area contributed by atoms with E-state index in [9.17, 15) is 19.2 Å². The van der Waals surface area contributed by atoms with Gasteiger partial charge in [-0.1, -0.05) is 36.4 Å². The summed E-state index contributed by atoms with van der Waals surface area (Å²) in [7, 11) is 0. The molecule has 2 aromatic carbocycles. The molecule has 0 aliphatic carbocycles. The summed E-state index contributed by atoms with van der Waals surface area (Å²) in [5.41, 5.74) is 7.97. The summed E-state index contributed by atoms with van der Waals surface area (Å²) in [6.07, 6.45) is -0.353. The van der Waals surface area contributed by atoms with Crippen LogP contribution in [0.5, 0.6) is 0 Å². The molecule has 0 aromatic heterocycles. The third kappa shape index (κ3) is 7.70. The van der Waals surface area contributed by atoms with Gasteiger partial charge in [0.2, 0.25) is 6.79 Å². The molecule has 1 unspecified atom stereocenters. The fraction of sp³-hybridized carbons (Fsp3) is 0.200. The smallest absolute Gasteiger partial charge is 0.360 e. The Hall–Kier alpha value is -3.76. The van der Waals surface area contributed by atoms with E-state index in [1.54, 1.807) is 54.2 Å². The summed E-state index contributed by atoms with van der Waals surface area (Å²) >= 11 is 0. The van der Waals surface area contributed by atoms with Gasteiger partial charge in [0.15, 0.2) is 0 Å². The molecule has 158 valence electrons. The Morgan fingerprint density at radius 3 is 1.97 bits per heavy atom. The van der Waals surface area contributed by atoms with Crippen molar-refractivity contribution in [2.45, 2.75) is 18.9 Å². The third-order valence-corrected chi connectivity index (χ3v) is 3.66. The van der Waals surface area contributed by atoms with Crippen molar-refractivity contribution in [3.8, 4) is 0 Å². The van der Waals surface area contributed by atoms with Crippen LogP contribution in [0.1, 0.15) is 33.6 Å². The zero-order chi connectivity index (χ0) is 21.8. The van der Waals surface area contributed by atoms with E-state index in [2.05, 4.69) is 9.68 Å². The number of nitrogens with one attached hydrogen (secondary N) is 1. The first-order chi connectivity index (χ1) is 14.5. The zero-order valence-electron chi connectivity index (χ0n) is 15.8. The molecule has 0 heterocycles. The molecule has 1 atom stereocenters. The largest absolute Gasteiger partial charge is 0.427 e. The van der Waals surface area contributed by atoms with E-state index in [-0.39, 0.29) is 18.4 Å². The third-order valence-electron chi connectivity index (χ3n) is 3.66. The minimum Gasteiger partial charge on any atom is -0.427 e. The van der Waals surface area contributed by atoms with Gasteiger partial charge in [0.25, 0.3) is 0 Å². The van der Waals surface area contributed by atoms with Gasteiger partial charge in [-0.2, -0.15) is 0 Å². The molecule has 0 radical (unpaired) electrons. The Labute approximate surface area is 171 Å². The van der Waals surface area contributed by atoms with Gasteiger partial charge in [-0.15, -0.1) is 0 Å². The van der Waals surface area contributed by atoms with E-state index < -0.39 is 36.7 Å². The van der Waals surface area contributed by atoms with Crippen LogP contribution in [0.25, 0.3) is 0 Å². The van der Waals surface area contributed by atoms with Crippen molar-refractivity contribution in [1.29, 1.82) is 0 Å². The standard InChI is InChI=1S/C20H20N2O8/c21-16(20(26)28-13-27-18(24)14-7-3-1-4-8-14)11-12-17(23)29-22-30-19(25)15-9-5-2-6-10-15/h1-10,16,22H,11-13,21H2. The van der Waals surface area contributed by atoms with Crippen LogP contribution in [-0.2, 0) is 28.7 Å². The van der Waals surface area contributed by atoms with Crippen LogP contribution in [0, 0.1) is 0 Å². The maximum Gasteiger partial charge on any atom is 0.360 e. The molecule has 10 heteroatoms. The molecule has 3 N–H and O–H groups in total. The van der Waals surface area contributed by atoms with E-state index in [0.717, 1.165) is 0 Å². The SMILES string of the molecule is NC(CCC(=O)ONOC(=O)c1ccccc1)C(=O)OCOC(=O)c1ccccc1. The topological polar surface area (TPSA) is 143 Å². The van der Waals surface area contributed by atoms with Crippen molar-refractivity contribution in [3.05, 3.63) is 71.8 Å². The van der Waals surface area contributed by atoms with Crippen molar-refractivity contribution in [3.63, 3.8) is 0 Å². The van der Waals surface area contributed by atoms with E-state index >= 15 is 0 Å². The van der Waals surface area contributed by atoms with Crippen LogP contribution in [-0.4, -0.2) is 36.7 Å². The first kappa shape index (κ1) is 22.5. The monoisotopic (exact) mass is 416 g/mol. The number of nitrogens with two attached hydrogens (primary N) is 1. The van der Waals surface area contributed by atoms with E-state index in [1.165, 1.54) is 12.1 Å². The molecule has 2 rings (SSSR count). The molecule has 0 saturated heterocycles. The molecule has 0 aliphatic rings. The molecule has 10 nitrogen and oxygen atoms in total. The summed E-state index contributed by atoms with van der Waals surface area (Å²) in [6.45, 7) is -0.609. The lowest BCUT2D eigenvalue weighted by Crippen LogP contribution is -2.34. The van der Waals surface area contributed by atoms with Gasteiger partial charge in [0.05, 0.1) is 11.1 Å². The molecule has 2 aromatic rings. The quantitative estimate of drug-likeness (QED) is 0.330. The van der Waals surface area contributed by atoms with Crippen LogP contribution in [0.2, 0.25) is 0 Å². The molecular weight excluding hydrogens is 396 g/mol.